The van der Waals surface area contributed by atoms with E-state index >= 15 is 0 Å². The number of imide groups is 1. The Morgan fingerprint density at radius 2 is 2.29 bits per heavy atom. The highest BCUT2D eigenvalue weighted by molar-refractivity contribution is 8.15. The monoisotopic (exact) mass is 309 g/mol. The van der Waals surface area contributed by atoms with E-state index in [9.17, 15) is 14.4 Å². The number of rotatable bonds is 5. The van der Waals surface area contributed by atoms with Crippen molar-refractivity contribution in [3.63, 3.8) is 0 Å². The van der Waals surface area contributed by atoms with Gasteiger partial charge >= 0.3 is 5.97 Å². The molecule has 1 atom stereocenters. The summed E-state index contributed by atoms with van der Waals surface area (Å²) in [5.41, 5.74) is 0.917. The second-order valence-corrected chi connectivity index (χ2v) is 5.41. The molecule has 0 aromatic carbocycles. The first-order valence-corrected chi connectivity index (χ1v) is 7.35. The molecule has 0 aromatic rings. The first-order chi connectivity index (χ1) is 10.1. The summed E-state index contributed by atoms with van der Waals surface area (Å²) in [5, 5.41) is 1.43. The number of carbonyl (C=O) groups excluding carboxylic acids is 3. The zero-order valence-electron chi connectivity index (χ0n) is 11.5. The molecule has 1 saturated heterocycles. The van der Waals surface area contributed by atoms with Crippen LogP contribution in [0.5, 0.6) is 0 Å². The molecule has 1 unspecified atom stereocenters. The molecule has 1 heterocycles. The standard InChI is InChI=1S/C14H15NO5S/c1-2-19-12(16)8-20-10-5-3-9(4-6-10)7-11-13(17)15-14(18)21-11/h3,5-7,11H,2,4,8H2,1H3,(H,15,17,18). The number of esters is 1. The summed E-state index contributed by atoms with van der Waals surface area (Å²) < 4.78 is 10.0. The zero-order chi connectivity index (χ0) is 15.2. The molecular weight excluding hydrogens is 294 g/mol. The highest BCUT2D eigenvalue weighted by Gasteiger charge is 2.29. The van der Waals surface area contributed by atoms with E-state index in [0.29, 0.717) is 18.8 Å². The molecule has 0 aromatic heterocycles. The predicted molar refractivity (Wildman–Crippen MR) is 77.4 cm³/mol. The highest BCUT2D eigenvalue weighted by atomic mass is 32.2. The molecule has 0 radical (unpaired) electrons. The summed E-state index contributed by atoms with van der Waals surface area (Å²) >= 11 is 0.965. The Labute approximate surface area is 126 Å². The summed E-state index contributed by atoms with van der Waals surface area (Å²) in [6, 6.07) is 0. The minimum Gasteiger partial charge on any atom is -0.482 e. The highest BCUT2D eigenvalue weighted by Crippen LogP contribution is 2.24. The fourth-order valence-electron chi connectivity index (χ4n) is 1.79. The quantitative estimate of drug-likeness (QED) is 0.778. The van der Waals surface area contributed by atoms with Crippen LogP contribution < -0.4 is 5.32 Å². The van der Waals surface area contributed by atoms with E-state index in [1.165, 1.54) is 0 Å². The van der Waals surface area contributed by atoms with E-state index in [0.717, 1.165) is 17.3 Å². The third-order valence-corrected chi connectivity index (χ3v) is 3.67. The van der Waals surface area contributed by atoms with Gasteiger partial charge in [0.25, 0.3) is 5.24 Å². The second kappa shape index (κ2) is 7.12. The first-order valence-electron chi connectivity index (χ1n) is 6.47. The van der Waals surface area contributed by atoms with E-state index in [1.54, 1.807) is 25.2 Å². The van der Waals surface area contributed by atoms with Gasteiger partial charge in [-0.1, -0.05) is 12.2 Å². The minimum atomic E-state index is -0.479. The molecule has 2 aliphatic rings. The van der Waals surface area contributed by atoms with Crippen LogP contribution in [0.4, 0.5) is 4.79 Å². The SMILES string of the molecule is CCOC(=O)COC1=CCC(=CC2SC(=O)NC2=O)C=C1. The van der Waals surface area contributed by atoms with Gasteiger partial charge in [-0.05, 0) is 42.8 Å². The number of hydrogen-bond donors (Lipinski definition) is 1. The van der Waals surface area contributed by atoms with Gasteiger partial charge in [0.05, 0.1) is 6.61 Å². The second-order valence-electron chi connectivity index (χ2n) is 4.29. The van der Waals surface area contributed by atoms with E-state index in [-0.39, 0.29) is 17.8 Å². The van der Waals surface area contributed by atoms with Gasteiger partial charge in [0.1, 0.15) is 11.0 Å². The van der Waals surface area contributed by atoms with Crippen molar-refractivity contribution in [3.8, 4) is 0 Å². The molecule has 1 aliphatic carbocycles. The van der Waals surface area contributed by atoms with E-state index in [2.05, 4.69) is 5.32 Å². The van der Waals surface area contributed by atoms with Crippen molar-refractivity contribution in [1.29, 1.82) is 0 Å². The molecule has 2 amide bonds. The maximum absolute atomic E-state index is 11.4. The maximum Gasteiger partial charge on any atom is 0.344 e. The molecule has 1 N–H and O–H groups in total. The lowest BCUT2D eigenvalue weighted by molar-refractivity contribution is -0.146. The van der Waals surface area contributed by atoms with Crippen LogP contribution in [0.15, 0.2) is 35.6 Å². The van der Waals surface area contributed by atoms with Crippen LogP contribution >= 0.6 is 11.8 Å². The topological polar surface area (TPSA) is 81.7 Å². The van der Waals surface area contributed by atoms with E-state index < -0.39 is 11.2 Å². The van der Waals surface area contributed by atoms with Gasteiger partial charge in [-0.3, -0.25) is 14.9 Å². The van der Waals surface area contributed by atoms with Gasteiger partial charge in [-0.15, -0.1) is 0 Å². The van der Waals surface area contributed by atoms with Crippen LogP contribution in [-0.4, -0.2) is 35.6 Å². The Balaban J connectivity index is 1.85. The Hall–Kier alpha value is -2.02. The fourth-order valence-corrected chi connectivity index (χ4v) is 2.59. The third kappa shape index (κ3) is 4.49. The lowest BCUT2D eigenvalue weighted by Crippen LogP contribution is -2.23. The number of carbonyl (C=O) groups is 3. The van der Waals surface area contributed by atoms with Gasteiger partial charge in [-0.2, -0.15) is 0 Å². The van der Waals surface area contributed by atoms with Crippen molar-refractivity contribution < 1.29 is 23.9 Å². The molecule has 7 heteroatoms. The molecule has 1 fully saturated rings. The normalized spacial score (nSPS) is 23.0. The fraction of sp³-hybridized carbons (Fsp3) is 0.357. The van der Waals surface area contributed by atoms with Crippen LogP contribution in [0.2, 0.25) is 0 Å². The molecule has 1 aliphatic heterocycles. The molecule has 6 nitrogen and oxygen atoms in total. The number of thioether (sulfide) groups is 1. The Bertz CT molecular complexity index is 550. The van der Waals surface area contributed by atoms with Crippen LogP contribution in [0, 0.1) is 0 Å². The summed E-state index contributed by atoms with van der Waals surface area (Å²) in [6.07, 6.45) is 7.66. The van der Waals surface area contributed by atoms with Crippen molar-refractivity contribution in [2.45, 2.75) is 18.6 Å². The smallest absolute Gasteiger partial charge is 0.344 e. The Kier molecular flexibility index (Phi) is 5.21. The van der Waals surface area contributed by atoms with Gasteiger partial charge in [-0.25, -0.2) is 4.79 Å². The van der Waals surface area contributed by atoms with Gasteiger partial charge < -0.3 is 9.47 Å². The van der Waals surface area contributed by atoms with Crippen LogP contribution in [0.1, 0.15) is 13.3 Å². The lowest BCUT2D eigenvalue weighted by atomic mass is 10.1. The van der Waals surface area contributed by atoms with Gasteiger partial charge in [0, 0.05) is 0 Å². The average Bonchev–Trinajstić information content (AvgIpc) is 2.76. The van der Waals surface area contributed by atoms with E-state index in [4.69, 9.17) is 9.47 Å². The number of nitrogens with one attached hydrogen (secondary N) is 1. The summed E-state index contributed by atoms with van der Waals surface area (Å²) in [4.78, 5) is 33.7. The van der Waals surface area contributed by atoms with Crippen molar-refractivity contribution in [2.75, 3.05) is 13.2 Å². The summed E-state index contributed by atoms with van der Waals surface area (Å²) in [5.74, 6) is -0.121. The predicted octanol–water partition coefficient (Wildman–Crippen LogP) is 1.69. The van der Waals surface area contributed by atoms with Crippen molar-refractivity contribution in [2.24, 2.45) is 0 Å². The maximum atomic E-state index is 11.4. The molecule has 0 saturated carbocycles. The molecule has 0 spiro atoms. The molecule has 21 heavy (non-hydrogen) atoms. The molecule has 112 valence electrons. The summed E-state index contributed by atoms with van der Waals surface area (Å²) in [7, 11) is 0. The first kappa shape index (κ1) is 15.4. The van der Waals surface area contributed by atoms with Gasteiger partial charge in [0.2, 0.25) is 5.91 Å². The molecule has 2 rings (SSSR count). The Morgan fingerprint density at radius 3 is 2.86 bits per heavy atom. The third-order valence-electron chi connectivity index (χ3n) is 2.75. The van der Waals surface area contributed by atoms with Crippen molar-refractivity contribution >= 4 is 28.9 Å². The largest absolute Gasteiger partial charge is 0.482 e. The zero-order valence-corrected chi connectivity index (χ0v) is 12.3. The minimum absolute atomic E-state index is 0.127. The number of amides is 2. The average molecular weight is 309 g/mol. The number of ether oxygens (including phenoxy) is 2. The number of hydrogen-bond acceptors (Lipinski definition) is 6. The van der Waals surface area contributed by atoms with E-state index in [1.807, 2.05) is 6.08 Å². The van der Waals surface area contributed by atoms with Crippen molar-refractivity contribution in [3.05, 3.63) is 35.6 Å². The van der Waals surface area contributed by atoms with Crippen LogP contribution in [0.25, 0.3) is 0 Å². The van der Waals surface area contributed by atoms with Crippen LogP contribution in [0.3, 0.4) is 0 Å². The van der Waals surface area contributed by atoms with Crippen molar-refractivity contribution in [1.82, 2.24) is 5.32 Å². The lowest BCUT2D eigenvalue weighted by Gasteiger charge is -2.11. The molecule has 0 bridgehead atoms. The summed E-state index contributed by atoms with van der Waals surface area (Å²) in [6.45, 7) is 1.93. The van der Waals surface area contributed by atoms with Crippen LogP contribution in [-0.2, 0) is 19.1 Å². The molecular formula is C14H15NO5S. The Morgan fingerprint density at radius 1 is 1.48 bits per heavy atom. The van der Waals surface area contributed by atoms with Gasteiger partial charge in [0.15, 0.2) is 6.61 Å². The number of allylic oxidation sites excluding steroid dienone is 4.